The van der Waals surface area contributed by atoms with Gasteiger partial charge in [0.05, 0.1) is 17.6 Å². The third-order valence-electron chi connectivity index (χ3n) is 4.80. The molecule has 1 aromatic carbocycles. The quantitative estimate of drug-likeness (QED) is 0.775. The summed E-state index contributed by atoms with van der Waals surface area (Å²) in [4.78, 5) is 12.8. The van der Waals surface area contributed by atoms with Crippen LogP contribution in [-0.2, 0) is 10.3 Å². The van der Waals surface area contributed by atoms with Gasteiger partial charge in [0.25, 0.3) is 0 Å². The lowest BCUT2D eigenvalue weighted by molar-refractivity contribution is -0.135. The maximum Gasteiger partial charge on any atom is 0.228 e. The van der Waals surface area contributed by atoms with Crippen molar-refractivity contribution in [3.8, 4) is 0 Å². The molecule has 0 spiro atoms. The maximum absolute atomic E-state index is 12.8. The van der Waals surface area contributed by atoms with Gasteiger partial charge in [-0.25, -0.2) is 0 Å². The normalized spacial score (nSPS) is 20.5. The first kappa shape index (κ1) is 16.0. The minimum atomic E-state index is -0.766. The molecule has 0 aliphatic heterocycles. The number of hydrogen-bond donors (Lipinski definition) is 3. The van der Waals surface area contributed by atoms with Crippen molar-refractivity contribution in [2.24, 2.45) is 11.1 Å². The van der Waals surface area contributed by atoms with Crippen molar-refractivity contribution in [1.29, 1.82) is 0 Å². The summed E-state index contributed by atoms with van der Waals surface area (Å²) < 4.78 is 0. The van der Waals surface area contributed by atoms with Crippen LogP contribution in [0.25, 0.3) is 0 Å². The standard InChI is InChI=1S/C17H26N2O2/c1-16(13-20,14-8-4-2-5-9-14)19-15(21)17(12-18)10-6-3-7-11-17/h2,4-5,8-9,20H,3,6-7,10-13,18H2,1H3,(H,19,21). The highest BCUT2D eigenvalue weighted by molar-refractivity contribution is 5.84. The molecule has 1 fully saturated rings. The van der Waals surface area contributed by atoms with E-state index in [1.807, 2.05) is 37.3 Å². The predicted octanol–water partition coefficient (Wildman–Crippen LogP) is 1.92. The fourth-order valence-corrected chi connectivity index (χ4v) is 3.14. The Morgan fingerprint density at radius 1 is 1.29 bits per heavy atom. The van der Waals surface area contributed by atoms with Crippen molar-refractivity contribution in [1.82, 2.24) is 5.32 Å². The van der Waals surface area contributed by atoms with Crippen LogP contribution in [0.5, 0.6) is 0 Å². The van der Waals surface area contributed by atoms with Crippen LogP contribution in [0.15, 0.2) is 30.3 Å². The fourth-order valence-electron chi connectivity index (χ4n) is 3.14. The van der Waals surface area contributed by atoms with E-state index in [2.05, 4.69) is 5.32 Å². The second-order valence-corrected chi connectivity index (χ2v) is 6.36. The highest BCUT2D eigenvalue weighted by atomic mass is 16.3. The SMILES string of the molecule is CC(CO)(NC(=O)C1(CN)CCCCC1)c1ccccc1. The van der Waals surface area contributed by atoms with Gasteiger partial charge in [-0.3, -0.25) is 4.79 Å². The van der Waals surface area contributed by atoms with Gasteiger partial charge in [0.1, 0.15) is 0 Å². The molecule has 4 nitrogen and oxygen atoms in total. The number of rotatable bonds is 5. The Morgan fingerprint density at radius 3 is 2.43 bits per heavy atom. The first-order chi connectivity index (χ1) is 10.1. The van der Waals surface area contributed by atoms with Crippen molar-refractivity contribution in [3.05, 3.63) is 35.9 Å². The third-order valence-corrected chi connectivity index (χ3v) is 4.80. The summed E-state index contributed by atoms with van der Waals surface area (Å²) in [5.74, 6) is -0.0231. The molecule has 0 saturated heterocycles. The van der Waals surface area contributed by atoms with Gasteiger partial charge in [0.15, 0.2) is 0 Å². The zero-order chi connectivity index (χ0) is 15.3. The minimum Gasteiger partial charge on any atom is -0.394 e. The number of carbonyl (C=O) groups excluding carboxylic acids is 1. The van der Waals surface area contributed by atoms with Crippen LogP contribution in [0.2, 0.25) is 0 Å². The van der Waals surface area contributed by atoms with Crippen molar-refractivity contribution in [2.75, 3.05) is 13.2 Å². The summed E-state index contributed by atoms with van der Waals surface area (Å²) in [6.45, 7) is 2.09. The second-order valence-electron chi connectivity index (χ2n) is 6.36. The van der Waals surface area contributed by atoms with E-state index in [1.54, 1.807) is 0 Å². The van der Waals surface area contributed by atoms with E-state index in [-0.39, 0.29) is 12.5 Å². The molecule has 1 atom stereocenters. The number of amides is 1. The molecule has 116 valence electrons. The summed E-state index contributed by atoms with van der Waals surface area (Å²) >= 11 is 0. The highest BCUT2D eigenvalue weighted by Gasteiger charge is 2.41. The van der Waals surface area contributed by atoms with Crippen LogP contribution in [0.3, 0.4) is 0 Å². The Kier molecular flexibility index (Phi) is 5.01. The lowest BCUT2D eigenvalue weighted by Crippen LogP contribution is -2.55. The first-order valence-electron chi connectivity index (χ1n) is 7.75. The number of aliphatic hydroxyl groups is 1. The molecule has 1 amide bonds. The molecule has 0 aromatic heterocycles. The number of carbonyl (C=O) groups is 1. The van der Waals surface area contributed by atoms with Crippen LogP contribution < -0.4 is 11.1 Å². The lowest BCUT2D eigenvalue weighted by Gasteiger charge is -2.39. The fraction of sp³-hybridized carbons (Fsp3) is 0.588. The van der Waals surface area contributed by atoms with E-state index >= 15 is 0 Å². The van der Waals surface area contributed by atoms with E-state index in [4.69, 9.17) is 5.73 Å². The second kappa shape index (κ2) is 6.58. The molecule has 4 heteroatoms. The van der Waals surface area contributed by atoms with Crippen molar-refractivity contribution in [2.45, 2.75) is 44.6 Å². The molecule has 4 N–H and O–H groups in total. The smallest absolute Gasteiger partial charge is 0.228 e. The largest absolute Gasteiger partial charge is 0.394 e. The van der Waals surface area contributed by atoms with Crippen molar-refractivity contribution < 1.29 is 9.90 Å². The molecule has 1 aliphatic carbocycles. The minimum absolute atomic E-state index is 0.0231. The van der Waals surface area contributed by atoms with E-state index in [0.29, 0.717) is 6.54 Å². The van der Waals surface area contributed by atoms with Gasteiger partial charge in [-0.05, 0) is 25.3 Å². The molecular weight excluding hydrogens is 264 g/mol. The van der Waals surface area contributed by atoms with Crippen molar-refractivity contribution >= 4 is 5.91 Å². The van der Waals surface area contributed by atoms with E-state index in [0.717, 1.165) is 31.2 Å². The van der Waals surface area contributed by atoms with Gasteiger partial charge >= 0.3 is 0 Å². The van der Waals surface area contributed by atoms with Gasteiger partial charge < -0.3 is 16.2 Å². The van der Waals surface area contributed by atoms with E-state index < -0.39 is 11.0 Å². The van der Waals surface area contributed by atoms with Crippen LogP contribution in [0.1, 0.15) is 44.6 Å². The summed E-state index contributed by atoms with van der Waals surface area (Å²) in [5, 5.41) is 12.8. The van der Waals surface area contributed by atoms with Gasteiger partial charge in [0, 0.05) is 6.54 Å². The highest BCUT2D eigenvalue weighted by Crippen LogP contribution is 2.36. The Morgan fingerprint density at radius 2 is 1.90 bits per heavy atom. The maximum atomic E-state index is 12.8. The van der Waals surface area contributed by atoms with E-state index in [9.17, 15) is 9.90 Å². The molecule has 1 aromatic rings. The number of aliphatic hydroxyl groups excluding tert-OH is 1. The zero-order valence-electron chi connectivity index (χ0n) is 12.8. The topological polar surface area (TPSA) is 75.3 Å². The van der Waals surface area contributed by atoms with Crippen LogP contribution in [-0.4, -0.2) is 24.2 Å². The molecule has 0 radical (unpaired) electrons. The Balaban J connectivity index is 2.19. The molecular formula is C17H26N2O2. The Bertz CT molecular complexity index is 469. The third kappa shape index (κ3) is 3.27. The Hall–Kier alpha value is -1.39. The summed E-state index contributed by atoms with van der Waals surface area (Å²) in [6, 6.07) is 9.59. The predicted molar refractivity (Wildman–Crippen MR) is 83.6 cm³/mol. The van der Waals surface area contributed by atoms with Crippen molar-refractivity contribution in [3.63, 3.8) is 0 Å². The summed E-state index contributed by atoms with van der Waals surface area (Å²) in [5.41, 5.74) is 5.59. The van der Waals surface area contributed by atoms with Crippen LogP contribution in [0, 0.1) is 5.41 Å². The van der Waals surface area contributed by atoms with Crippen LogP contribution in [0.4, 0.5) is 0 Å². The van der Waals surface area contributed by atoms with Gasteiger partial charge in [-0.15, -0.1) is 0 Å². The number of nitrogens with two attached hydrogens (primary N) is 1. The molecule has 2 rings (SSSR count). The number of nitrogens with one attached hydrogen (secondary N) is 1. The molecule has 0 heterocycles. The first-order valence-corrected chi connectivity index (χ1v) is 7.75. The molecule has 1 aliphatic rings. The number of hydrogen-bond acceptors (Lipinski definition) is 3. The van der Waals surface area contributed by atoms with E-state index in [1.165, 1.54) is 6.42 Å². The monoisotopic (exact) mass is 290 g/mol. The number of benzene rings is 1. The van der Waals surface area contributed by atoms with Crippen LogP contribution >= 0.6 is 0 Å². The molecule has 21 heavy (non-hydrogen) atoms. The van der Waals surface area contributed by atoms with Gasteiger partial charge in [-0.2, -0.15) is 0 Å². The Labute approximate surface area is 126 Å². The van der Waals surface area contributed by atoms with Gasteiger partial charge in [-0.1, -0.05) is 49.6 Å². The average molecular weight is 290 g/mol. The summed E-state index contributed by atoms with van der Waals surface area (Å²) in [6.07, 6.45) is 4.94. The summed E-state index contributed by atoms with van der Waals surface area (Å²) in [7, 11) is 0. The molecule has 0 bridgehead atoms. The molecule has 1 unspecified atom stereocenters. The average Bonchev–Trinajstić information content (AvgIpc) is 2.56. The lowest BCUT2D eigenvalue weighted by atomic mass is 9.72. The van der Waals surface area contributed by atoms with Gasteiger partial charge in [0.2, 0.25) is 5.91 Å². The zero-order valence-corrected chi connectivity index (χ0v) is 12.8. The molecule has 1 saturated carbocycles.